The largest absolute Gasteiger partial charge is 0.367 e. The van der Waals surface area contributed by atoms with E-state index in [0.717, 1.165) is 17.6 Å². The van der Waals surface area contributed by atoms with E-state index in [1.807, 2.05) is 0 Å². The molecule has 19 heavy (non-hydrogen) atoms. The molecule has 0 saturated carbocycles. The van der Waals surface area contributed by atoms with Gasteiger partial charge in [0.1, 0.15) is 0 Å². The first-order chi connectivity index (χ1) is 9.29. The molecule has 0 aliphatic rings. The van der Waals surface area contributed by atoms with Gasteiger partial charge in [-0.1, -0.05) is 59.6 Å². The van der Waals surface area contributed by atoms with Crippen molar-refractivity contribution < 1.29 is 0 Å². The van der Waals surface area contributed by atoms with Crippen LogP contribution in [0.4, 0.5) is 5.69 Å². The fourth-order valence-corrected chi connectivity index (χ4v) is 2.37. The van der Waals surface area contributed by atoms with Crippen LogP contribution in [-0.2, 0) is 6.54 Å². The van der Waals surface area contributed by atoms with Crippen LogP contribution in [0.15, 0.2) is 59.1 Å². The van der Waals surface area contributed by atoms with Crippen molar-refractivity contribution in [1.29, 1.82) is 0 Å². The number of unbranched alkanes of at least 4 members (excludes halogenated alkanes) is 1. The van der Waals surface area contributed by atoms with Gasteiger partial charge < -0.3 is 4.90 Å². The average molecular weight is 318 g/mol. The lowest BCUT2D eigenvalue weighted by atomic mass is 10.2. The third-order valence-corrected chi connectivity index (χ3v) is 3.72. The molecule has 0 radical (unpaired) electrons. The number of anilines is 1. The molecule has 2 heteroatoms. The van der Waals surface area contributed by atoms with E-state index in [1.54, 1.807) is 0 Å². The molecular weight excluding hydrogens is 298 g/mol. The van der Waals surface area contributed by atoms with Crippen molar-refractivity contribution in [1.82, 2.24) is 0 Å². The second kappa shape index (κ2) is 7.34. The number of nitrogens with zero attached hydrogens (tertiary/aromatic N) is 1. The first-order valence-corrected chi connectivity index (χ1v) is 7.63. The summed E-state index contributed by atoms with van der Waals surface area (Å²) in [5, 5.41) is 0. The lowest BCUT2D eigenvalue weighted by molar-refractivity contribution is 0.716. The highest BCUT2D eigenvalue weighted by Crippen LogP contribution is 2.21. The zero-order chi connectivity index (χ0) is 13.5. The maximum Gasteiger partial charge on any atom is 0.0429 e. The van der Waals surface area contributed by atoms with Crippen molar-refractivity contribution in [2.45, 2.75) is 26.3 Å². The van der Waals surface area contributed by atoms with Gasteiger partial charge in [-0.25, -0.2) is 0 Å². The zero-order valence-corrected chi connectivity index (χ0v) is 12.9. The van der Waals surface area contributed by atoms with Crippen LogP contribution in [0, 0.1) is 0 Å². The second-order valence-electron chi connectivity index (χ2n) is 4.74. The normalized spacial score (nSPS) is 10.4. The van der Waals surface area contributed by atoms with Crippen molar-refractivity contribution in [3.63, 3.8) is 0 Å². The highest BCUT2D eigenvalue weighted by atomic mass is 79.9. The third-order valence-electron chi connectivity index (χ3n) is 3.19. The van der Waals surface area contributed by atoms with E-state index in [4.69, 9.17) is 0 Å². The summed E-state index contributed by atoms with van der Waals surface area (Å²) in [6.07, 6.45) is 2.45. The van der Waals surface area contributed by atoms with Gasteiger partial charge in [-0.2, -0.15) is 0 Å². The van der Waals surface area contributed by atoms with Crippen molar-refractivity contribution in [2.24, 2.45) is 0 Å². The van der Waals surface area contributed by atoms with Crippen LogP contribution >= 0.6 is 15.9 Å². The molecule has 0 aliphatic heterocycles. The Hall–Kier alpha value is -1.28. The molecule has 1 nitrogen and oxygen atoms in total. The molecular formula is C17H20BrN. The summed E-state index contributed by atoms with van der Waals surface area (Å²) in [5.74, 6) is 0. The Kier molecular flexibility index (Phi) is 5.46. The van der Waals surface area contributed by atoms with Gasteiger partial charge >= 0.3 is 0 Å². The summed E-state index contributed by atoms with van der Waals surface area (Å²) in [6.45, 7) is 4.32. The molecule has 0 spiro atoms. The molecule has 0 fully saturated rings. The Morgan fingerprint density at radius 3 is 2.26 bits per heavy atom. The van der Waals surface area contributed by atoms with E-state index >= 15 is 0 Å². The standard InChI is InChI=1S/C17H20BrN/c1-2-3-13-19(14-15-7-5-4-6-8-15)17-11-9-16(18)10-12-17/h4-12H,2-3,13-14H2,1H3. The highest BCUT2D eigenvalue weighted by Gasteiger charge is 2.06. The molecule has 0 saturated heterocycles. The average Bonchev–Trinajstić information content (AvgIpc) is 2.45. The maximum atomic E-state index is 3.50. The number of halogens is 1. The number of rotatable bonds is 6. The molecule has 0 bridgehead atoms. The molecule has 0 aliphatic carbocycles. The summed E-state index contributed by atoms with van der Waals surface area (Å²) in [7, 11) is 0. The Bertz CT molecular complexity index is 478. The van der Waals surface area contributed by atoms with Crippen molar-refractivity contribution in [3.05, 3.63) is 64.6 Å². The van der Waals surface area contributed by atoms with Crippen LogP contribution in [0.1, 0.15) is 25.3 Å². The maximum absolute atomic E-state index is 3.50. The number of hydrogen-bond acceptors (Lipinski definition) is 1. The summed E-state index contributed by atoms with van der Waals surface area (Å²) in [5.41, 5.74) is 2.65. The molecule has 2 rings (SSSR count). The molecule has 0 N–H and O–H groups in total. The van der Waals surface area contributed by atoms with E-state index in [1.165, 1.54) is 24.1 Å². The van der Waals surface area contributed by atoms with E-state index in [0.29, 0.717) is 0 Å². The van der Waals surface area contributed by atoms with Gasteiger partial charge in [0, 0.05) is 23.2 Å². The fraction of sp³-hybridized carbons (Fsp3) is 0.294. The van der Waals surface area contributed by atoms with Gasteiger partial charge in [-0.05, 0) is 36.2 Å². The second-order valence-corrected chi connectivity index (χ2v) is 5.65. The van der Waals surface area contributed by atoms with Gasteiger partial charge in [0.2, 0.25) is 0 Å². The first kappa shape index (κ1) is 14.1. The summed E-state index contributed by atoms with van der Waals surface area (Å²) in [6, 6.07) is 19.3. The Balaban J connectivity index is 2.13. The van der Waals surface area contributed by atoms with E-state index < -0.39 is 0 Å². The highest BCUT2D eigenvalue weighted by molar-refractivity contribution is 9.10. The first-order valence-electron chi connectivity index (χ1n) is 6.84. The SMILES string of the molecule is CCCCN(Cc1ccccc1)c1ccc(Br)cc1. The number of hydrogen-bond donors (Lipinski definition) is 0. The number of benzene rings is 2. The molecule has 0 amide bonds. The third kappa shape index (κ3) is 4.39. The van der Waals surface area contributed by atoms with Gasteiger partial charge in [0.05, 0.1) is 0 Å². The predicted molar refractivity (Wildman–Crippen MR) is 86.5 cm³/mol. The molecule has 2 aromatic rings. The summed E-state index contributed by atoms with van der Waals surface area (Å²) >= 11 is 3.50. The Labute approximate surface area is 124 Å². The lowest BCUT2D eigenvalue weighted by Gasteiger charge is -2.25. The fourth-order valence-electron chi connectivity index (χ4n) is 2.10. The van der Waals surface area contributed by atoms with E-state index in [-0.39, 0.29) is 0 Å². The van der Waals surface area contributed by atoms with Crippen LogP contribution in [-0.4, -0.2) is 6.54 Å². The topological polar surface area (TPSA) is 3.24 Å². The van der Waals surface area contributed by atoms with Crippen LogP contribution in [0.2, 0.25) is 0 Å². The molecule has 0 heterocycles. The monoisotopic (exact) mass is 317 g/mol. The Morgan fingerprint density at radius 1 is 0.947 bits per heavy atom. The van der Waals surface area contributed by atoms with E-state index in [2.05, 4.69) is 82.4 Å². The predicted octanol–water partition coefficient (Wildman–Crippen LogP) is 5.26. The van der Waals surface area contributed by atoms with Gasteiger partial charge in [-0.15, -0.1) is 0 Å². The van der Waals surface area contributed by atoms with Crippen molar-refractivity contribution in [2.75, 3.05) is 11.4 Å². The molecule has 0 aromatic heterocycles. The molecule has 0 unspecified atom stereocenters. The van der Waals surface area contributed by atoms with Crippen LogP contribution in [0.25, 0.3) is 0 Å². The minimum atomic E-state index is 0.975. The molecule has 0 atom stereocenters. The smallest absolute Gasteiger partial charge is 0.0429 e. The van der Waals surface area contributed by atoms with E-state index in [9.17, 15) is 0 Å². The lowest BCUT2D eigenvalue weighted by Crippen LogP contribution is -2.23. The zero-order valence-electron chi connectivity index (χ0n) is 11.3. The minimum Gasteiger partial charge on any atom is -0.367 e. The molecule has 2 aromatic carbocycles. The minimum absolute atomic E-state index is 0.975. The van der Waals surface area contributed by atoms with Gasteiger partial charge in [-0.3, -0.25) is 0 Å². The van der Waals surface area contributed by atoms with Crippen LogP contribution in [0.5, 0.6) is 0 Å². The molecule has 100 valence electrons. The summed E-state index contributed by atoms with van der Waals surface area (Å²) in [4.78, 5) is 2.45. The van der Waals surface area contributed by atoms with Crippen LogP contribution in [0.3, 0.4) is 0 Å². The quantitative estimate of drug-likeness (QED) is 0.702. The van der Waals surface area contributed by atoms with Crippen molar-refractivity contribution in [3.8, 4) is 0 Å². The Morgan fingerprint density at radius 2 is 1.63 bits per heavy atom. The van der Waals surface area contributed by atoms with Gasteiger partial charge in [0.25, 0.3) is 0 Å². The van der Waals surface area contributed by atoms with Crippen LogP contribution < -0.4 is 4.90 Å². The summed E-state index contributed by atoms with van der Waals surface area (Å²) < 4.78 is 1.13. The van der Waals surface area contributed by atoms with Gasteiger partial charge in [0.15, 0.2) is 0 Å². The van der Waals surface area contributed by atoms with Crippen molar-refractivity contribution >= 4 is 21.6 Å².